The van der Waals surface area contributed by atoms with Crippen molar-refractivity contribution in [2.24, 2.45) is 11.8 Å². The van der Waals surface area contributed by atoms with Crippen molar-refractivity contribution < 1.29 is 44.3 Å². The number of hydrogen-bond donors (Lipinski definition) is 1. The van der Waals surface area contributed by atoms with E-state index in [0.717, 1.165) is 29.9 Å². The van der Waals surface area contributed by atoms with Crippen LogP contribution in [0.2, 0.25) is 0 Å². The maximum Gasteiger partial charge on any atom is 1.00 e. The van der Waals surface area contributed by atoms with Crippen molar-refractivity contribution in [1.29, 1.82) is 0 Å². The van der Waals surface area contributed by atoms with Crippen molar-refractivity contribution in [2.75, 3.05) is 0 Å². The van der Waals surface area contributed by atoms with Gasteiger partial charge in [-0.25, -0.2) is 9.97 Å². The zero-order valence-corrected chi connectivity index (χ0v) is 17.0. The van der Waals surface area contributed by atoms with Gasteiger partial charge in [0.25, 0.3) is 0 Å². The summed E-state index contributed by atoms with van der Waals surface area (Å²) in [4.78, 5) is 31.9. The number of aromatic nitrogens is 2. The number of carbonyl (C=O) groups is 2. The molecule has 2 atom stereocenters. The Labute approximate surface area is 165 Å². The minimum atomic E-state index is -1.18. The molecule has 1 aromatic heterocycles. The minimum absolute atomic E-state index is 0. The molecule has 0 saturated carbocycles. The molecule has 0 bridgehead atoms. The van der Waals surface area contributed by atoms with E-state index in [9.17, 15) is 14.7 Å². The molecule has 0 aliphatic heterocycles. The summed E-state index contributed by atoms with van der Waals surface area (Å²) >= 11 is 0. The van der Waals surface area contributed by atoms with Gasteiger partial charge in [-0.15, -0.1) is 0 Å². The third-order valence-electron chi connectivity index (χ3n) is 4.16. The number of aryl methyl sites for hydroxylation is 2. The number of nitrogens with zero attached hydrogens (tertiary/aromatic N) is 2. The quantitative estimate of drug-likeness (QED) is 0.581. The van der Waals surface area contributed by atoms with Crippen molar-refractivity contribution in [3.05, 3.63) is 23.3 Å². The first-order chi connectivity index (χ1) is 10.8. The number of fused-ring (bicyclic) bond motifs is 1. The largest absolute Gasteiger partial charge is 1.00 e. The summed E-state index contributed by atoms with van der Waals surface area (Å²) in [5, 5.41) is 13.9. The Morgan fingerprint density at radius 1 is 1.42 bits per heavy atom. The number of rotatable bonds is 6. The Morgan fingerprint density at radius 2 is 2.12 bits per heavy atom. The van der Waals surface area contributed by atoms with Crippen LogP contribution in [0.3, 0.4) is 0 Å². The average molecular weight is 341 g/mol. The molecular weight excluding hydrogens is 317 g/mol. The summed E-state index contributed by atoms with van der Waals surface area (Å²) in [6.07, 6.45) is 4.46. The summed E-state index contributed by atoms with van der Waals surface area (Å²) < 4.78 is 0. The standard InChI is InChI=1S/C17H25N3O3.Na/c1-10(2)6-12(8-16(21)22)17(23)20-14-4-5-15-13(7-14)9-18-11(3)19-15;/h9-10,12,14H,4-8H2,1-3H3,(H,20,23)(H,21,22);/q;+1/p-1. The number of hydrogen-bond acceptors (Lipinski definition) is 5. The molecule has 6 nitrogen and oxygen atoms in total. The van der Waals surface area contributed by atoms with E-state index in [0.29, 0.717) is 12.8 Å². The van der Waals surface area contributed by atoms with E-state index in [1.165, 1.54) is 0 Å². The van der Waals surface area contributed by atoms with Crippen molar-refractivity contribution in [1.82, 2.24) is 15.3 Å². The van der Waals surface area contributed by atoms with E-state index in [-0.39, 0.29) is 53.8 Å². The third kappa shape index (κ3) is 6.15. The molecule has 7 heteroatoms. The summed E-state index contributed by atoms with van der Waals surface area (Å²) in [6.45, 7) is 5.82. The monoisotopic (exact) mass is 341 g/mol. The van der Waals surface area contributed by atoms with Crippen LogP contribution < -0.4 is 40.0 Å². The molecule has 126 valence electrons. The van der Waals surface area contributed by atoms with Gasteiger partial charge in [-0.1, -0.05) is 13.8 Å². The van der Waals surface area contributed by atoms with Gasteiger partial charge in [0.15, 0.2) is 0 Å². The molecule has 0 fully saturated rings. The molecule has 2 unspecified atom stereocenters. The zero-order chi connectivity index (χ0) is 17.0. The van der Waals surface area contributed by atoms with Crippen molar-refractivity contribution in [3.63, 3.8) is 0 Å². The van der Waals surface area contributed by atoms with E-state index >= 15 is 0 Å². The number of aliphatic carboxylic acids is 1. The van der Waals surface area contributed by atoms with Crippen molar-refractivity contribution in [2.45, 2.75) is 58.9 Å². The van der Waals surface area contributed by atoms with E-state index < -0.39 is 11.9 Å². The molecule has 0 radical (unpaired) electrons. The van der Waals surface area contributed by atoms with Gasteiger partial charge in [0, 0.05) is 29.8 Å². The molecule has 0 saturated heterocycles. The van der Waals surface area contributed by atoms with E-state index in [1.807, 2.05) is 27.0 Å². The summed E-state index contributed by atoms with van der Waals surface area (Å²) in [6, 6.07) is 0.0118. The molecule has 1 aromatic rings. The Hall–Kier alpha value is -0.980. The van der Waals surface area contributed by atoms with Crippen LogP contribution in [0.15, 0.2) is 6.20 Å². The Morgan fingerprint density at radius 3 is 2.75 bits per heavy atom. The van der Waals surface area contributed by atoms with Crippen LogP contribution in [0.5, 0.6) is 0 Å². The minimum Gasteiger partial charge on any atom is -0.550 e. The Balaban J connectivity index is 0.00000288. The van der Waals surface area contributed by atoms with Crippen LogP contribution in [0.4, 0.5) is 0 Å². The van der Waals surface area contributed by atoms with Crippen molar-refractivity contribution >= 4 is 11.9 Å². The number of carboxylic acids is 1. The average Bonchev–Trinajstić information content (AvgIpc) is 2.45. The summed E-state index contributed by atoms with van der Waals surface area (Å²) in [5.41, 5.74) is 2.11. The van der Waals surface area contributed by atoms with Gasteiger partial charge < -0.3 is 15.2 Å². The second-order valence-electron chi connectivity index (χ2n) is 6.74. The van der Waals surface area contributed by atoms with Gasteiger partial charge in [0.2, 0.25) is 5.91 Å². The number of amides is 1. The molecule has 0 aromatic carbocycles. The topological polar surface area (TPSA) is 95.0 Å². The van der Waals surface area contributed by atoms with Crippen LogP contribution in [-0.4, -0.2) is 27.9 Å². The predicted octanol–water partition coefficient (Wildman–Crippen LogP) is -2.44. The maximum atomic E-state index is 12.4. The SMILES string of the molecule is Cc1ncc2c(n1)CCC(NC(=O)C(CC(=O)[O-])CC(C)C)C2.[Na+]. The summed E-state index contributed by atoms with van der Waals surface area (Å²) in [7, 11) is 0. The molecule has 1 N–H and O–H groups in total. The smallest absolute Gasteiger partial charge is 0.550 e. The first-order valence-corrected chi connectivity index (χ1v) is 8.16. The van der Waals surface area contributed by atoms with E-state index in [2.05, 4.69) is 15.3 Å². The molecule has 0 spiro atoms. The van der Waals surface area contributed by atoms with Gasteiger partial charge in [0.1, 0.15) is 5.82 Å². The normalized spacial score (nSPS) is 17.6. The molecule has 2 rings (SSSR count). The van der Waals surface area contributed by atoms with Crippen molar-refractivity contribution in [3.8, 4) is 0 Å². The number of carboxylic acid groups (broad SMARTS) is 1. The third-order valence-corrected chi connectivity index (χ3v) is 4.16. The number of nitrogens with one attached hydrogen (secondary N) is 1. The molecular formula is C17H24N3NaO3. The Bertz CT molecular complexity index is 592. The van der Waals surface area contributed by atoms with Crippen LogP contribution in [-0.2, 0) is 22.4 Å². The van der Waals surface area contributed by atoms with Gasteiger partial charge in [-0.3, -0.25) is 4.79 Å². The zero-order valence-electron chi connectivity index (χ0n) is 15.0. The number of carbonyl (C=O) groups excluding carboxylic acids is 2. The van der Waals surface area contributed by atoms with Gasteiger partial charge in [0.05, 0.1) is 0 Å². The van der Waals surface area contributed by atoms with Gasteiger partial charge in [-0.2, -0.15) is 0 Å². The van der Waals surface area contributed by atoms with Crippen LogP contribution in [0, 0.1) is 18.8 Å². The van der Waals surface area contributed by atoms with Crippen LogP contribution >= 0.6 is 0 Å². The van der Waals surface area contributed by atoms with Crippen LogP contribution in [0.1, 0.15) is 50.2 Å². The first-order valence-electron chi connectivity index (χ1n) is 8.16. The van der Waals surface area contributed by atoms with E-state index in [1.54, 1.807) is 0 Å². The predicted molar refractivity (Wildman–Crippen MR) is 83.3 cm³/mol. The molecule has 1 heterocycles. The van der Waals surface area contributed by atoms with E-state index in [4.69, 9.17) is 0 Å². The fourth-order valence-corrected chi connectivity index (χ4v) is 3.10. The van der Waals surface area contributed by atoms with Gasteiger partial charge in [-0.05, 0) is 50.5 Å². The molecule has 1 amide bonds. The fourth-order valence-electron chi connectivity index (χ4n) is 3.10. The molecule has 1 aliphatic carbocycles. The Kier molecular flexibility index (Phi) is 8.33. The van der Waals surface area contributed by atoms with Crippen LogP contribution in [0.25, 0.3) is 0 Å². The summed E-state index contributed by atoms with van der Waals surface area (Å²) in [5.74, 6) is -0.880. The molecule has 24 heavy (non-hydrogen) atoms. The second-order valence-corrected chi connectivity index (χ2v) is 6.74. The van der Waals surface area contributed by atoms with Gasteiger partial charge >= 0.3 is 29.6 Å². The maximum absolute atomic E-state index is 12.4. The second kappa shape index (κ2) is 9.49. The first kappa shape index (κ1) is 21.1. The fraction of sp³-hybridized carbons (Fsp3) is 0.647. The molecule has 1 aliphatic rings.